The van der Waals surface area contributed by atoms with E-state index in [9.17, 15) is 13.2 Å². The van der Waals surface area contributed by atoms with Gasteiger partial charge in [-0.1, -0.05) is 0 Å². The minimum Gasteiger partial charge on any atom is -0.469 e. The third-order valence-corrected chi connectivity index (χ3v) is 2.73. The normalized spacial score (nSPS) is 13.6. The van der Waals surface area contributed by atoms with Crippen LogP contribution in [-0.2, 0) is 6.18 Å². The van der Waals surface area contributed by atoms with Gasteiger partial charge in [0.05, 0.1) is 17.9 Å². The first-order valence-electron chi connectivity index (χ1n) is 5.22. The summed E-state index contributed by atoms with van der Waals surface area (Å²) in [5.74, 6) is 0.500. The SMILES string of the molecule is Cc1occc1C(N)c1cnccc1C(F)(F)F. The summed E-state index contributed by atoms with van der Waals surface area (Å²) in [7, 11) is 0. The highest BCUT2D eigenvalue weighted by molar-refractivity contribution is 5.37. The number of aryl methyl sites for hydroxylation is 1. The van der Waals surface area contributed by atoms with Gasteiger partial charge in [-0.2, -0.15) is 13.2 Å². The number of alkyl halides is 3. The van der Waals surface area contributed by atoms with Crippen molar-refractivity contribution in [3.05, 3.63) is 53.2 Å². The number of rotatable bonds is 2. The molecule has 0 aliphatic heterocycles. The Labute approximate surface area is 101 Å². The lowest BCUT2D eigenvalue weighted by molar-refractivity contribution is -0.138. The molecule has 18 heavy (non-hydrogen) atoms. The molecule has 0 bridgehead atoms. The van der Waals surface area contributed by atoms with Gasteiger partial charge >= 0.3 is 6.18 Å². The zero-order chi connectivity index (χ0) is 13.3. The number of hydrogen-bond acceptors (Lipinski definition) is 3. The maximum atomic E-state index is 12.8. The zero-order valence-corrected chi connectivity index (χ0v) is 9.53. The van der Waals surface area contributed by atoms with E-state index in [0.717, 1.165) is 18.5 Å². The molecule has 2 aromatic heterocycles. The van der Waals surface area contributed by atoms with Crippen molar-refractivity contribution in [2.75, 3.05) is 0 Å². The van der Waals surface area contributed by atoms with Crippen molar-refractivity contribution >= 4 is 0 Å². The van der Waals surface area contributed by atoms with Crippen molar-refractivity contribution in [2.24, 2.45) is 5.73 Å². The highest BCUT2D eigenvalue weighted by Crippen LogP contribution is 2.35. The molecular weight excluding hydrogens is 245 g/mol. The second kappa shape index (κ2) is 4.45. The van der Waals surface area contributed by atoms with Crippen LogP contribution in [0.2, 0.25) is 0 Å². The minimum atomic E-state index is -4.45. The minimum absolute atomic E-state index is 0.0606. The van der Waals surface area contributed by atoms with Crippen LogP contribution in [0.4, 0.5) is 13.2 Å². The maximum absolute atomic E-state index is 12.8. The van der Waals surface area contributed by atoms with Crippen LogP contribution in [0.1, 0.15) is 28.5 Å². The Balaban J connectivity index is 2.49. The molecular formula is C12H11F3N2O. The van der Waals surface area contributed by atoms with Gasteiger partial charge in [-0.15, -0.1) is 0 Å². The summed E-state index contributed by atoms with van der Waals surface area (Å²) in [4.78, 5) is 3.71. The number of halogens is 3. The molecule has 2 rings (SSSR count). The van der Waals surface area contributed by atoms with Crippen molar-refractivity contribution in [1.82, 2.24) is 4.98 Å². The first-order valence-corrected chi connectivity index (χ1v) is 5.22. The molecule has 6 heteroatoms. The van der Waals surface area contributed by atoms with Crippen LogP contribution in [0.25, 0.3) is 0 Å². The Morgan fingerprint density at radius 2 is 2.00 bits per heavy atom. The smallest absolute Gasteiger partial charge is 0.416 e. The maximum Gasteiger partial charge on any atom is 0.416 e. The van der Waals surface area contributed by atoms with E-state index in [-0.39, 0.29) is 5.56 Å². The first kappa shape index (κ1) is 12.6. The lowest BCUT2D eigenvalue weighted by Gasteiger charge is -2.17. The highest BCUT2D eigenvalue weighted by atomic mass is 19.4. The average molecular weight is 256 g/mol. The molecule has 0 aliphatic carbocycles. The number of pyridine rings is 1. The van der Waals surface area contributed by atoms with Crippen LogP contribution in [0.5, 0.6) is 0 Å². The number of nitrogens with two attached hydrogens (primary N) is 1. The molecule has 0 spiro atoms. The van der Waals surface area contributed by atoms with Crippen LogP contribution in [0.3, 0.4) is 0 Å². The van der Waals surface area contributed by atoms with E-state index in [1.54, 1.807) is 13.0 Å². The van der Waals surface area contributed by atoms with Crippen LogP contribution in [-0.4, -0.2) is 4.98 Å². The van der Waals surface area contributed by atoms with Gasteiger partial charge in [-0.3, -0.25) is 4.98 Å². The van der Waals surface area contributed by atoms with E-state index in [1.165, 1.54) is 6.26 Å². The van der Waals surface area contributed by atoms with Crippen molar-refractivity contribution in [1.29, 1.82) is 0 Å². The van der Waals surface area contributed by atoms with Gasteiger partial charge in [0.2, 0.25) is 0 Å². The van der Waals surface area contributed by atoms with Gasteiger partial charge in [0, 0.05) is 23.5 Å². The Kier molecular flexibility index (Phi) is 3.13. The van der Waals surface area contributed by atoms with Crippen LogP contribution in [0, 0.1) is 6.92 Å². The number of furan rings is 1. The summed E-state index contributed by atoms with van der Waals surface area (Å²) in [5.41, 5.74) is 5.55. The molecule has 2 heterocycles. The first-order chi connectivity index (χ1) is 8.41. The van der Waals surface area contributed by atoms with Crippen LogP contribution in [0.15, 0.2) is 35.2 Å². The quantitative estimate of drug-likeness (QED) is 0.898. The zero-order valence-electron chi connectivity index (χ0n) is 9.53. The van der Waals surface area contributed by atoms with Crippen molar-refractivity contribution < 1.29 is 17.6 Å². The monoisotopic (exact) mass is 256 g/mol. The summed E-state index contributed by atoms with van der Waals surface area (Å²) in [6.07, 6.45) is -0.817. The van der Waals surface area contributed by atoms with E-state index in [1.807, 2.05) is 0 Å². The van der Waals surface area contributed by atoms with Gasteiger partial charge in [-0.25, -0.2) is 0 Å². The second-order valence-electron chi connectivity index (χ2n) is 3.87. The third kappa shape index (κ3) is 2.24. The molecule has 3 nitrogen and oxygen atoms in total. The fraction of sp³-hybridized carbons (Fsp3) is 0.250. The van der Waals surface area contributed by atoms with Crippen LogP contribution < -0.4 is 5.73 Å². The molecule has 1 atom stereocenters. The lowest BCUT2D eigenvalue weighted by Crippen LogP contribution is -2.19. The predicted molar refractivity (Wildman–Crippen MR) is 58.7 cm³/mol. The fourth-order valence-corrected chi connectivity index (χ4v) is 1.80. The number of nitrogens with zero attached hydrogens (tertiary/aromatic N) is 1. The van der Waals surface area contributed by atoms with Gasteiger partial charge in [0.1, 0.15) is 5.76 Å². The van der Waals surface area contributed by atoms with Gasteiger partial charge in [-0.05, 0) is 19.1 Å². The van der Waals surface area contributed by atoms with E-state index >= 15 is 0 Å². The Morgan fingerprint density at radius 1 is 1.28 bits per heavy atom. The number of aromatic nitrogens is 1. The van der Waals surface area contributed by atoms with Crippen molar-refractivity contribution in [3.8, 4) is 0 Å². The fourth-order valence-electron chi connectivity index (χ4n) is 1.80. The van der Waals surface area contributed by atoms with Crippen molar-refractivity contribution in [2.45, 2.75) is 19.1 Å². The highest BCUT2D eigenvalue weighted by Gasteiger charge is 2.35. The molecule has 2 aromatic rings. The topological polar surface area (TPSA) is 52.0 Å². The summed E-state index contributed by atoms with van der Waals surface area (Å²) in [6.45, 7) is 1.65. The van der Waals surface area contributed by atoms with E-state index in [2.05, 4.69) is 4.98 Å². The summed E-state index contributed by atoms with van der Waals surface area (Å²) >= 11 is 0. The van der Waals surface area contributed by atoms with E-state index in [0.29, 0.717) is 11.3 Å². The van der Waals surface area contributed by atoms with Gasteiger partial charge in [0.25, 0.3) is 0 Å². The Bertz CT molecular complexity index is 548. The molecule has 0 amide bonds. The molecule has 0 saturated carbocycles. The molecule has 0 aliphatic rings. The Morgan fingerprint density at radius 3 is 2.56 bits per heavy atom. The second-order valence-corrected chi connectivity index (χ2v) is 3.87. The largest absolute Gasteiger partial charge is 0.469 e. The molecule has 0 saturated heterocycles. The third-order valence-electron chi connectivity index (χ3n) is 2.73. The molecule has 0 fully saturated rings. The molecule has 2 N–H and O–H groups in total. The molecule has 0 aromatic carbocycles. The Hall–Kier alpha value is -1.82. The summed E-state index contributed by atoms with van der Waals surface area (Å²) in [6, 6.07) is 1.58. The summed E-state index contributed by atoms with van der Waals surface area (Å²) < 4.78 is 43.6. The van der Waals surface area contributed by atoms with E-state index in [4.69, 9.17) is 10.2 Å². The molecule has 96 valence electrons. The van der Waals surface area contributed by atoms with E-state index < -0.39 is 17.8 Å². The standard InChI is InChI=1S/C12H11F3N2O/c1-7-8(3-5-18-7)11(16)9-6-17-4-2-10(9)12(13,14)15/h2-6,11H,16H2,1H3. The average Bonchev–Trinajstić information content (AvgIpc) is 2.73. The van der Waals surface area contributed by atoms with Crippen LogP contribution >= 0.6 is 0 Å². The lowest BCUT2D eigenvalue weighted by atomic mass is 9.97. The van der Waals surface area contributed by atoms with Crippen molar-refractivity contribution in [3.63, 3.8) is 0 Å². The van der Waals surface area contributed by atoms with Gasteiger partial charge in [0.15, 0.2) is 0 Å². The number of hydrogen-bond donors (Lipinski definition) is 1. The predicted octanol–water partition coefficient (Wildman–Crippen LogP) is 3.05. The summed E-state index contributed by atoms with van der Waals surface area (Å²) in [5, 5.41) is 0. The molecule has 0 radical (unpaired) electrons. The molecule has 1 unspecified atom stereocenters. The van der Waals surface area contributed by atoms with Gasteiger partial charge < -0.3 is 10.2 Å².